The van der Waals surface area contributed by atoms with Crippen LogP contribution in [0.3, 0.4) is 0 Å². The topological polar surface area (TPSA) is 73.8 Å². The van der Waals surface area contributed by atoms with E-state index >= 15 is 0 Å². The van der Waals surface area contributed by atoms with Crippen LogP contribution < -0.4 is 0 Å². The number of alkyl halides is 4. The zero-order valence-electron chi connectivity index (χ0n) is 51.7. The van der Waals surface area contributed by atoms with Crippen molar-refractivity contribution in [3.63, 3.8) is 0 Å². The number of ether oxygens (including phenoxy) is 8. The van der Waals surface area contributed by atoms with Gasteiger partial charge in [-0.2, -0.15) is 0 Å². The molecule has 0 aromatic heterocycles. The van der Waals surface area contributed by atoms with Crippen LogP contribution in [0.4, 0.5) is 17.6 Å². The molecule has 8 nitrogen and oxygen atoms in total. The summed E-state index contributed by atoms with van der Waals surface area (Å²) in [7, 11) is 0. The lowest BCUT2D eigenvalue weighted by molar-refractivity contribution is -0.215. The van der Waals surface area contributed by atoms with Crippen molar-refractivity contribution >= 4 is 0 Å². The van der Waals surface area contributed by atoms with Crippen molar-refractivity contribution in [2.24, 2.45) is 69.0 Å². The molecule has 0 radical (unpaired) electrons. The molecule has 78 heavy (non-hydrogen) atoms. The van der Waals surface area contributed by atoms with Crippen molar-refractivity contribution in [2.45, 2.75) is 285 Å². The highest BCUT2D eigenvalue weighted by Crippen LogP contribution is 2.58. The highest BCUT2D eigenvalue weighted by molar-refractivity contribution is 5.03. The molecule has 6 atom stereocenters. The van der Waals surface area contributed by atoms with E-state index in [9.17, 15) is 17.6 Å². The first-order valence-electron chi connectivity index (χ1n) is 32.4. The quantitative estimate of drug-likeness (QED) is 0.244. The summed E-state index contributed by atoms with van der Waals surface area (Å²) in [6.07, 6.45) is 26.3. The van der Waals surface area contributed by atoms with Gasteiger partial charge in [0.1, 0.15) is 0 Å². The van der Waals surface area contributed by atoms with Crippen LogP contribution in [0.25, 0.3) is 0 Å². The fourth-order valence-electron chi connectivity index (χ4n) is 14.6. The standard InChI is InChI=1S/2C12H22O2.2C11H18F2O.2C10H18O/c2*1-10(2)11-3-4-12(9-14-11)5-7-13-8-6-12;2*1-8(2)9-3-4-10(7-14-9)5-11(12,13)6-10;2*1-8(2)9-3-4-10(5-6-10)11-7-9/h2*10-11H,3-9H2,1-2H3;2*8-9H,3-7H2,1-2H3;2*8-9H,3-7H2,1-2H3/t2*11-;4*9-/m101010/s1. The third-order valence-corrected chi connectivity index (χ3v) is 21.5. The average Bonchev–Trinajstić information content (AvgIpc) is 4.39. The summed E-state index contributed by atoms with van der Waals surface area (Å²) < 4.78 is 96.9. The first-order valence-corrected chi connectivity index (χ1v) is 32.4. The van der Waals surface area contributed by atoms with Crippen LogP contribution in [0, 0.1) is 69.0 Å². The first-order chi connectivity index (χ1) is 36.7. The number of hydrogen-bond donors (Lipinski definition) is 0. The lowest BCUT2D eigenvalue weighted by Crippen LogP contribution is -2.52. The van der Waals surface area contributed by atoms with Crippen LogP contribution in [0.2, 0.25) is 0 Å². The largest absolute Gasteiger partial charge is 0.381 e. The van der Waals surface area contributed by atoms with E-state index in [-0.39, 0.29) is 48.7 Å². The molecule has 456 valence electrons. The molecule has 12 aliphatic rings. The van der Waals surface area contributed by atoms with E-state index in [1.54, 1.807) is 0 Å². The summed E-state index contributed by atoms with van der Waals surface area (Å²) >= 11 is 0. The van der Waals surface area contributed by atoms with Crippen molar-refractivity contribution < 1.29 is 55.5 Å². The Labute approximate surface area is 473 Å². The Bertz CT molecular complexity index is 1560. The zero-order valence-corrected chi connectivity index (χ0v) is 51.7. The monoisotopic (exact) mass is 1110 g/mol. The molecule has 0 aromatic carbocycles. The molecule has 0 bridgehead atoms. The van der Waals surface area contributed by atoms with Crippen LogP contribution in [0.5, 0.6) is 0 Å². The maximum atomic E-state index is 12.8. The molecule has 8 heterocycles. The maximum Gasteiger partial charge on any atom is 0.249 e. The molecule has 4 aliphatic carbocycles. The van der Waals surface area contributed by atoms with Gasteiger partial charge < -0.3 is 37.9 Å². The minimum Gasteiger partial charge on any atom is -0.381 e. The van der Waals surface area contributed by atoms with Gasteiger partial charge in [0.05, 0.1) is 75.3 Å². The zero-order chi connectivity index (χ0) is 56.6. The first kappa shape index (κ1) is 65.0. The van der Waals surface area contributed by atoms with Gasteiger partial charge in [0.15, 0.2) is 0 Å². The van der Waals surface area contributed by atoms with E-state index in [1.165, 1.54) is 103 Å². The summed E-state index contributed by atoms with van der Waals surface area (Å²) in [5.41, 5.74) is 1.40. The van der Waals surface area contributed by atoms with Crippen LogP contribution in [-0.2, 0) is 37.9 Å². The van der Waals surface area contributed by atoms with Gasteiger partial charge >= 0.3 is 0 Å². The van der Waals surface area contributed by atoms with E-state index in [2.05, 4.69) is 83.1 Å². The van der Waals surface area contributed by atoms with Gasteiger partial charge in [0.25, 0.3) is 0 Å². The molecular formula is C66H116F4O8. The molecule has 4 saturated carbocycles. The number of halogens is 4. The molecule has 0 unspecified atom stereocenters. The Morgan fingerprint density at radius 3 is 0.756 bits per heavy atom. The molecule has 0 amide bonds. The maximum absolute atomic E-state index is 12.8. The van der Waals surface area contributed by atoms with E-state index in [0.29, 0.717) is 71.1 Å². The van der Waals surface area contributed by atoms with E-state index in [4.69, 9.17) is 37.9 Å². The summed E-state index contributed by atoms with van der Waals surface area (Å²) in [5, 5.41) is 0. The Kier molecular flexibility index (Phi) is 23.0. The molecule has 12 heteroatoms. The predicted molar refractivity (Wildman–Crippen MR) is 304 cm³/mol. The summed E-state index contributed by atoms with van der Waals surface area (Å²) in [4.78, 5) is 0. The SMILES string of the molecule is CC(C)[C@@H]1CCC2(CC2)OC1.CC(C)[C@@H]1CCC2(CCOCC2)CO1.CC(C)[C@@H]1CCC2(CO1)CC(F)(F)C2.CC(C)[C@H]1CCC2(CC2)OC1.CC(C)[C@H]1CCC2(CCOCC2)CO1.CC(C)[C@H]1CCC2(CO1)CC(F)(F)C2. The Hall–Kier alpha value is -0.600. The number of hydrogen-bond acceptors (Lipinski definition) is 8. The third kappa shape index (κ3) is 18.7. The van der Waals surface area contributed by atoms with Crippen LogP contribution in [0.15, 0.2) is 0 Å². The molecule has 8 aliphatic heterocycles. The van der Waals surface area contributed by atoms with Crippen molar-refractivity contribution in [1.29, 1.82) is 0 Å². The normalized spacial score (nSPS) is 33.8. The molecule has 12 rings (SSSR count). The van der Waals surface area contributed by atoms with Gasteiger partial charge in [-0.25, -0.2) is 17.6 Å². The fourth-order valence-corrected chi connectivity index (χ4v) is 14.6. The Morgan fingerprint density at radius 2 is 0.577 bits per heavy atom. The van der Waals surface area contributed by atoms with E-state index in [0.717, 1.165) is 102 Å². The minimum absolute atomic E-state index is 0.0464. The van der Waals surface area contributed by atoms with E-state index in [1.807, 2.05) is 0 Å². The second-order valence-corrected chi connectivity index (χ2v) is 30.2. The molecule has 0 aromatic rings. The van der Waals surface area contributed by atoms with Crippen molar-refractivity contribution in [3.8, 4) is 0 Å². The average molecular weight is 1110 g/mol. The van der Waals surface area contributed by atoms with Gasteiger partial charge in [0.2, 0.25) is 11.8 Å². The van der Waals surface area contributed by atoms with Crippen LogP contribution in [-0.4, -0.2) is 114 Å². The summed E-state index contributed by atoms with van der Waals surface area (Å²) in [6.45, 7) is 35.6. The summed E-state index contributed by atoms with van der Waals surface area (Å²) in [6, 6.07) is 0. The van der Waals surface area contributed by atoms with Crippen molar-refractivity contribution in [2.75, 3.05) is 66.1 Å². The fraction of sp³-hybridized carbons (Fsp3) is 1.00. The molecule has 8 saturated heterocycles. The van der Waals surface area contributed by atoms with Gasteiger partial charge in [-0.15, -0.1) is 0 Å². The molecular weight excluding hydrogens is 997 g/mol. The molecule has 0 N–H and O–H groups in total. The Balaban J connectivity index is 0.000000136. The molecule has 6 spiro atoms. The second kappa shape index (κ2) is 27.6. The Morgan fingerprint density at radius 1 is 0.308 bits per heavy atom. The highest BCUT2D eigenvalue weighted by Gasteiger charge is 2.59. The number of rotatable bonds is 6. The lowest BCUT2D eigenvalue weighted by atomic mass is 9.62. The smallest absolute Gasteiger partial charge is 0.249 e. The predicted octanol–water partition coefficient (Wildman–Crippen LogP) is 16.9. The lowest BCUT2D eigenvalue weighted by Gasteiger charge is -2.51. The van der Waals surface area contributed by atoms with Crippen molar-refractivity contribution in [3.05, 3.63) is 0 Å². The third-order valence-electron chi connectivity index (χ3n) is 21.5. The summed E-state index contributed by atoms with van der Waals surface area (Å²) in [5.74, 6) is 0.835. The van der Waals surface area contributed by atoms with Gasteiger partial charge in [-0.05, 0) is 187 Å². The highest BCUT2D eigenvalue weighted by atomic mass is 19.3. The van der Waals surface area contributed by atoms with Gasteiger partial charge in [-0.3, -0.25) is 0 Å². The minimum atomic E-state index is -2.41. The van der Waals surface area contributed by atoms with E-state index < -0.39 is 11.8 Å². The van der Waals surface area contributed by atoms with Gasteiger partial charge in [0, 0.05) is 62.9 Å². The second-order valence-electron chi connectivity index (χ2n) is 30.2. The molecule has 12 fully saturated rings. The van der Waals surface area contributed by atoms with Crippen molar-refractivity contribution in [1.82, 2.24) is 0 Å². The van der Waals surface area contributed by atoms with Crippen LogP contribution >= 0.6 is 0 Å². The van der Waals surface area contributed by atoms with Crippen LogP contribution in [0.1, 0.15) is 237 Å². The van der Waals surface area contributed by atoms with Gasteiger partial charge in [-0.1, -0.05) is 83.1 Å².